The third-order valence-electron chi connectivity index (χ3n) is 3.64. The summed E-state index contributed by atoms with van der Waals surface area (Å²) < 4.78 is 0. The summed E-state index contributed by atoms with van der Waals surface area (Å²) in [4.78, 5) is 0. The predicted molar refractivity (Wildman–Crippen MR) is 83.9 cm³/mol. The Balaban J connectivity index is 2.50. The SMILES string of the molecule is Cc1ccccc1C(c1ccccc1)C(Cl)C(C)C. The van der Waals surface area contributed by atoms with E-state index < -0.39 is 0 Å². The van der Waals surface area contributed by atoms with E-state index in [9.17, 15) is 0 Å². The predicted octanol–water partition coefficient (Wildman–Crippen LogP) is 5.39. The molecule has 2 rings (SSSR count). The standard InChI is InChI=1S/C18H21Cl/c1-13(2)18(19)17(15-10-5-4-6-11-15)16-12-8-7-9-14(16)3/h4-13,17-18H,1-3H3. The highest BCUT2D eigenvalue weighted by molar-refractivity contribution is 6.21. The molecule has 100 valence electrons. The van der Waals surface area contributed by atoms with Gasteiger partial charge in [-0.25, -0.2) is 0 Å². The minimum absolute atomic E-state index is 0.100. The van der Waals surface area contributed by atoms with Crippen LogP contribution in [0, 0.1) is 12.8 Å². The van der Waals surface area contributed by atoms with Gasteiger partial charge in [-0.05, 0) is 29.5 Å². The number of rotatable bonds is 4. The van der Waals surface area contributed by atoms with E-state index in [1.54, 1.807) is 0 Å². The van der Waals surface area contributed by atoms with Crippen LogP contribution in [0.15, 0.2) is 54.6 Å². The van der Waals surface area contributed by atoms with Gasteiger partial charge in [0.2, 0.25) is 0 Å². The topological polar surface area (TPSA) is 0 Å². The summed E-state index contributed by atoms with van der Waals surface area (Å²) in [6.07, 6.45) is 0. The maximum Gasteiger partial charge on any atom is 0.0468 e. The van der Waals surface area contributed by atoms with Gasteiger partial charge in [0.25, 0.3) is 0 Å². The van der Waals surface area contributed by atoms with Gasteiger partial charge in [0.15, 0.2) is 0 Å². The number of halogens is 1. The Morgan fingerprint density at radius 3 is 2.00 bits per heavy atom. The van der Waals surface area contributed by atoms with Gasteiger partial charge in [-0.1, -0.05) is 68.4 Å². The van der Waals surface area contributed by atoms with Crippen molar-refractivity contribution in [1.82, 2.24) is 0 Å². The number of alkyl halides is 1. The van der Waals surface area contributed by atoms with Crippen LogP contribution in [0.1, 0.15) is 36.5 Å². The van der Waals surface area contributed by atoms with Gasteiger partial charge in [0.05, 0.1) is 0 Å². The second kappa shape index (κ2) is 6.25. The van der Waals surface area contributed by atoms with Gasteiger partial charge in [-0.15, -0.1) is 11.6 Å². The Kier molecular flexibility index (Phi) is 4.66. The summed E-state index contributed by atoms with van der Waals surface area (Å²) >= 11 is 6.72. The fourth-order valence-electron chi connectivity index (χ4n) is 2.52. The van der Waals surface area contributed by atoms with Gasteiger partial charge >= 0.3 is 0 Å². The Bertz CT molecular complexity index is 516. The van der Waals surface area contributed by atoms with Gasteiger partial charge in [0.1, 0.15) is 0 Å². The highest BCUT2D eigenvalue weighted by Crippen LogP contribution is 2.36. The molecule has 0 spiro atoms. The van der Waals surface area contributed by atoms with E-state index >= 15 is 0 Å². The zero-order valence-corrected chi connectivity index (χ0v) is 12.6. The molecule has 0 aromatic heterocycles. The quantitative estimate of drug-likeness (QED) is 0.655. The Labute approximate surface area is 121 Å². The van der Waals surface area contributed by atoms with E-state index in [1.165, 1.54) is 16.7 Å². The van der Waals surface area contributed by atoms with Crippen LogP contribution in [0.2, 0.25) is 0 Å². The Morgan fingerprint density at radius 2 is 1.42 bits per heavy atom. The molecule has 2 atom stereocenters. The van der Waals surface area contributed by atoms with Crippen LogP contribution >= 0.6 is 11.6 Å². The molecule has 0 bridgehead atoms. The molecular weight excluding hydrogens is 252 g/mol. The maximum absolute atomic E-state index is 6.72. The van der Waals surface area contributed by atoms with Gasteiger partial charge in [0, 0.05) is 11.3 Å². The molecular formula is C18H21Cl. The van der Waals surface area contributed by atoms with Crippen molar-refractivity contribution in [2.24, 2.45) is 5.92 Å². The molecule has 2 unspecified atom stereocenters. The van der Waals surface area contributed by atoms with E-state index in [2.05, 4.69) is 75.4 Å². The van der Waals surface area contributed by atoms with Crippen molar-refractivity contribution in [1.29, 1.82) is 0 Å². The molecule has 0 aliphatic carbocycles. The highest BCUT2D eigenvalue weighted by Gasteiger charge is 2.26. The fourth-order valence-corrected chi connectivity index (χ4v) is 2.80. The Morgan fingerprint density at radius 1 is 0.842 bits per heavy atom. The van der Waals surface area contributed by atoms with Crippen LogP contribution in [0.5, 0.6) is 0 Å². The van der Waals surface area contributed by atoms with Crippen molar-refractivity contribution in [3.63, 3.8) is 0 Å². The van der Waals surface area contributed by atoms with Crippen LogP contribution in [-0.4, -0.2) is 5.38 Å². The average molecular weight is 273 g/mol. The second-order valence-corrected chi connectivity index (χ2v) is 5.94. The second-order valence-electron chi connectivity index (χ2n) is 5.43. The first kappa shape index (κ1) is 14.1. The molecule has 0 aliphatic rings. The molecule has 0 saturated heterocycles. The number of aryl methyl sites for hydroxylation is 1. The molecule has 0 nitrogen and oxygen atoms in total. The number of hydrogen-bond acceptors (Lipinski definition) is 0. The third-order valence-corrected chi connectivity index (χ3v) is 4.39. The van der Waals surface area contributed by atoms with E-state index in [0.29, 0.717) is 5.92 Å². The van der Waals surface area contributed by atoms with E-state index in [-0.39, 0.29) is 11.3 Å². The first-order chi connectivity index (χ1) is 9.11. The Hall–Kier alpha value is -1.27. The smallest absolute Gasteiger partial charge is 0.0468 e. The molecule has 2 aromatic rings. The molecule has 1 heteroatoms. The molecule has 19 heavy (non-hydrogen) atoms. The first-order valence-electron chi connectivity index (χ1n) is 6.85. The van der Waals surface area contributed by atoms with Crippen molar-refractivity contribution in [2.45, 2.75) is 32.1 Å². The minimum Gasteiger partial charge on any atom is -0.122 e. The average Bonchev–Trinajstić information content (AvgIpc) is 2.42. The zero-order valence-electron chi connectivity index (χ0n) is 11.8. The van der Waals surface area contributed by atoms with Gasteiger partial charge < -0.3 is 0 Å². The van der Waals surface area contributed by atoms with Crippen LogP contribution in [0.4, 0.5) is 0 Å². The molecule has 0 heterocycles. The summed E-state index contributed by atoms with van der Waals surface area (Å²) in [6, 6.07) is 19.1. The summed E-state index contributed by atoms with van der Waals surface area (Å²) in [5, 5.41) is 0.100. The number of hydrogen-bond donors (Lipinski definition) is 0. The lowest BCUT2D eigenvalue weighted by molar-refractivity contribution is 0.550. The summed E-state index contributed by atoms with van der Waals surface area (Å²) in [7, 11) is 0. The van der Waals surface area contributed by atoms with Gasteiger partial charge in [-0.2, -0.15) is 0 Å². The van der Waals surface area contributed by atoms with Crippen LogP contribution < -0.4 is 0 Å². The van der Waals surface area contributed by atoms with Crippen molar-refractivity contribution < 1.29 is 0 Å². The minimum atomic E-state index is 0.100. The summed E-state index contributed by atoms with van der Waals surface area (Å²) in [5.41, 5.74) is 3.94. The fraction of sp³-hybridized carbons (Fsp3) is 0.333. The molecule has 0 saturated carbocycles. The normalized spacial score (nSPS) is 14.4. The molecule has 0 aliphatic heterocycles. The molecule has 0 amide bonds. The molecule has 0 fully saturated rings. The summed E-state index contributed by atoms with van der Waals surface area (Å²) in [5.74, 6) is 0.690. The number of benzene rings is 2. The molecule has 0 radical (unpaired) electrons. The van der Waals surface area contributed by atoms with Crippen molar-refractivity contribution in [3.8, 4) is 0 Å². The summed E-state index contributed by atoms with van der Waals surface area (Å²) in [6.45, 7) is 6.53. The lowest BCUT2D eigenvalue weighted by atomic mass is 9.82. The van der Waals surface area contributed by atoms with Crippen molar-refractivity contribution in [2.75, 3.05) is 0 Å². The van der Waals surface area contributed by atoms with Crippen LogP contribution in [0.3, 0.4) is 0 Å². The lowest BCUT2D eigenvalue weighted by Crippen LogP contribution is -2.20. The first-order valence-corrected chi connectivity index (χ1v) is 7.29. The zero-order chi connectivity index (χ0) is 13.8. The monoisotopic (exact) mass is 272 g/mol. The third kappa shape index (κ3) is 3.19. The van der Waals surface area contributed by atoms with Crippen LogP contribution in [-0.2, 0) is 0 Å². The molecule has 0 N–H and O–H groups in total. The lowest BCUT2D eigenvalue weighted by Gasteiger charge is -2.27. The largest absolute Gasteiger partial charge is 0.122 e. The molecule has 2 aromatic carbocycles. The van der Waals surface area contributed by atoms with Crippen molar-refractivity contribution in [3.05, 3.63) is 71.3 Å². The van der Waals surface area contributed by atoms with E-state index in [0.717, 1.165) is 0 Å². The van der Waals surface area contributed by atoms with Gasteiger partial charge in [-0.3, -0.25) is 0 Å². The van der Waals surface area contributed by atoms with E-state index in [4.69, 9.17) is 11.6 Å². The van der Waals surface area contributed by atoms with Crippen LogP contribution in [0.25, 0.3) is 0 Å². The van der Waals surface area contributed by atoms with Crippen molar-refractivity contribution >= 4 is 11.6 Å². The van der Waals surface area contributed by atoms with E-state index in [1.807, 2.05) is 0 Å². The highest BCUT2D eigenvalue weighted by atomic mass is 35.5. The maximum atomic E-state index is 6.72.